The van der Waals surface area contributed by atoms with Crippen molar-refractivity contribution >= 4 is 45.0 Å². The SMILES string of the molecule is CC(C)(C)SCC(=O)[O-].[Tl+]. The molecule has 4 heteroatoms. The second kappa shape index (κ2) is 5.40. The summed E-state index contributed by atoms with van der Waals surface area (Å²) < 4.78 is 0.0278. The van der Waals surface area contributed by atoms with Gasteiger partial charge in [0, 0.05) is 10.5 Å². The third-order valence-electron chi connectivity index (χ3n) is 0.623. The van der Waals surface area contributed by atoms with Gasteiger partial charge in [-0.1, -0.05) is 20.8 Å². The molecule has 0 aromatic rings. The second-order valence-corrected chi connectivity index (χ2v) is 4.58. The van der Waals surface area contributed by atoms with E-state index < -0.39 is 5.97 Å². The van der Waals surface area contributed by atoms with Gasteiger partial charge < -0.3 is 9.90 Å². The summed E-state index contributed by atoms with van der Waals surface area (Å²) in [5, 5.41) is 9.91. The Hall–Kier alpha value is 0.742. The monoisotopic (exact) mass is 352 g/mol. The maximum absolute atomic E-state index is 9.91. The standard InChI is InChI=1S/C6H12O2S.Tl/c1-6(2,3)9-4-5(7)8;/h4H2,1-3H3,(H,7,8);/q;+1/p-1. The summed E-state index contributed by atoms with van der Waals surface area (Å²) in [6.07, 6.45) is 0. The molecule has 0 aromatic carbocycles. The average molecular weight is 352 g/mol. The Balaban J connectivity index is 0. The minimum absolute atomic E-state index is 0. The van der Waals surface area contributed by atoms with Crippen molar-refractivity contribution in [1.29, 1.82) is 0 Å². The van der Waals surface area contributed by atoms with E-state index in [4.69, 9.17) is 0 Å². The first-order chi connectivity index (χ1) is 3.92. The molecule has 0 heterocycles. The molecule has 0 spiro atoms. The minimum atomic E-state index is -0.991. The molecule has 0 rings (SSSR count). The zero-order chi connectivity index (χ0) is 7.49. The van der Waals surface area contributed by atoms with Gasteiger partial charge in [0.2, 0.25) is 0 Å². The smallest absolute Gasteiger partial charge is 0.549 e. The Morgan fingerprint density at radius 1 is 1.50 bits per heavy atom. The van der Waals surface area contributed by atoms with Crippen molar-refractivity contribution in [1.82, 2.24) is 0 Å². The van der Waals surface area contributed by atoms with Crippen LogP contribution >= 0.6 is 11.8 Å². The molecule has 0 aliphatic carbocycles. The van der Waals surface area contributed by atoms with Gasteiger partial charge in [-0.05, 0) is 0 Å². The van der Waals surface area contributed by atoms with Crippen molar-refractivity contribution in [3.05, 3.63) is 0 Å². The van der Waals surface area contributed by atoms with Crippen molar-refractivity contribution in [3.63, 3.8) is 0 Å². The Bertz CT molecular complexity index is 109. The van der Waals surface area contributed by atoms with Gasteiger partial charge in [-0.25, -0.2) is 0 Å². The normalized spacial score (nSPS) is 10.3. The minimum Gasteiger partial charge on any atom is -0.549 e. The number of carboxylic acid groups (broad SMARTS) is 1. The first-order valence-electron chi connectivity index (χ1n) is 2.75. The van der Waals surface area contributed by atoms with Crippen LogP contribution in [-0.2, 0) is 4.79 Å². The van der Waals surface area contributed by atoms with Crippen LogP contribution in [0.5, 0.6) is 0 Å². The van der Waals surface area contributed by atoms with Gasteiger partial charge in [-0.2, -0.15) is 0 Å². The first kappa shape index (κ1) is 13.3. The van der Waals surface area contributed by atoms with Crippen molar-refractivity contribution in [2.45, 2.75) is 25.5 Å². The van der Waals surface area contributed by atoms with Gasteiger partial charge in [-0.15, -0.1) is 11.8 Å². The molecule has 0 fully saturated rings. The molecular formula is C6H11O2STl. The van der Waals surface area contributed by atoms with Crippen LogP contribution in [0.3, 0.4) is 0 Å². The van der Waals surface area contributed by atoms with Gasteiger partial charge in [-0.3, -0.25) is 0 Å². The predicted octanol–water partition coefficient (Wildman–Crippen LogP) is -0.113. The van der Waals surface area contributed by atoms with E-state index in [1.54, 1.807) is 0 Å². The first-order valence-corrected chi connectivity index (χ1v) is 3.74. The van der Waals surface area contributed by atoms with Crippen LogP contribution in [-0.4, -0.2) is 43.8 Å². The van der Waals surface area contributed by atoms with Crippen molar-refractivity contribution in [2.24, 2.45) is 0 Å². The fourth-order valence-corrected chi connectivity index (χ4v) is 0.826. The van der Waals surface area contributed by atoms with Gasteiger partial charge in [0.05, 0.1) is 5.97 Å². The third kappa shape index (κ3) is 11.5. The fraction of sp³-hybridized carbons (Fsp3) is 0.833. The van der Waals surface area contributed by atoms with Crippen LogP contribution in [0.25, 0.3) is 0 Å². The molecule has 0 aliphatic heterocycles. The Labute approximate surface area is 85.9 Å². The number of thioether (sulfide) groups is 1. The van der Waals surface area contributed by atoms with Crippen molar-refractivity contribution in [2.75, 3.05) is 5.75 Å². The summed E-state index contributed by atoms with van der Waals surface area (Å²) in [7, 11) is 0. The van der Waals surface area contributed by atoms with Gasteiger partial charge >= 0.3 is 27.3 Å². The maximum atomic E-state index is 9.91. The molecule has 0 N–H and O–H groups in total. The van der Waals surface area contributed by atoms with Crippen LogP contribution in [0.2, 0.25) is 0 Å². The molecule has 0 amide bonds. The average Bonchev–Trinajstić information content (AvgIpc) is 1.59. The van der Waals surface area contributed by atoms with Crippen LogP contribution in [0.15, 0.2) is 0 Å². The number of aliphatic carboxylic acids is 1. The predicted molar refractivity (Wildman–Crippen MR) is 43.0 cm³/mol. The Morgan fingerprint density at radius 2 is 1.90 bits per heavy atom. The molecule has 0 saturated carbocycles. The summed E-state index contributed by atoms with van der Waals surface area (Å²) in [6, 6.07) is 0. The molecule has 0 aliphatic rings. The number of carboxylic acids is 1. The second-order valence-electron chi connectivity index (χ2n) is 2.77. The summed E-state index contributed by atoms with van der Waals surface area (Å²) >= 11 is 1.38. The number of carbonyl (C=O) groups excluding carboxylic acids is 1. The molecule has 0 atom stereocenters. The van der Waals surface area contributed by atoms with E-state index in [-0.39, 0.29) is 37.8 Å². The van der Waals surface area contributed by atoms with E-state index in [0.29, 0.717) is 0 Å². The summed E-state index contributed by atoms with van der Waals surface area (Å²) in [6.45, 7) is 5.92. The van der Waals surface area contributed by atoms with E-state index >= 15 is 0 Å². The zero-order valence-electron chi connectivity index (χ0n) is 6.51. The number of rotatable bonds is 2. The number of hydrogen-bond acceptors (Lipinski definition) is 3. The fourth-order valence-electron chi connectivity index (χ4n) is 0.275. The molecule has 0 aromatic heterocycles. The number of carbonyl (C=O) groups is 1. The van der Waals surface area contributed by atoms with Crippen molar-refractivity contribution < 1.29 is 9.90 Å². The van der Waals surface area contributed by atoms with E-state index in [9.17, 15) is 9.90 Å². The van der Waals surface area contributed by atoms with Crippen LogP contribution in [0.1, 0.15) is 20.8 Å². The van der Waals surface area contributed by atoms with Gasteiger partial charge in [0.1, 0.15) is 0 Å². The quantitative estimate of drug-likeness (QED) is 0.652. The van der Waals surface area contributed by atoms with Crippen molar-refractivity contribution in [3.8, 4) is 0 Å². The van der Waals surface area contributed by atoms with Crippen LogP contribution in [0.4, 0.5) is 0 Å². The molecule has 0 radical (unpaired) electrons. The number of hydrogen-bond donors (Lipinski definition) is 0. The zero-order valence-corrected chi connectivity index (χ0v) is 11.8. The van der Waals surface area contributed by atoms with Gasteiger partial charge in [0.15, 0.2) is 0 Å². The van der Waals surface area contributed by atoms with Crippen LogP contribution < -0.4 is 5.11 Å². The maximum Gasteiger partial charge on any atom is 1.00 e. The molecule has 0 bridgehead atoms. The molecule has 56 valence electrons. The largest absolute Gasteiger partial charge is 1.00 e. The van der Waals surface area contributed by atoms with E-state index in [1.165, 1.54) is 11.8 Å². The Kier molecular flexibility index (Phi) is 7.20. The van der Waals surface area contributed by atoms with E-state index in [0.717, 1.165) is 0 Å². The Morgan fingerprint density at radius 3 is 2.00 bits per heavy atom. The molecule has 0 unspecified atom stereocenters. The van der Waals surface area contributed by atoms with Crippen LogP contribution in [0, 0.1) is 0 Å². The summed E-state index contributed by atoms with van der Waals surface area (Å²) in [4.78, 5) is 9.91. The third-order valence-corrected chi connectivity index (χ3v) is 1.87. The molecule has 2 nitrogen and oxygen atoms in total. The molecular weight excluding hydrogens is 341 g/mol. The van der Waals surface area contributed by atoms with E-state index in [1.807, 2.05) is 20.8 Å². The van der Waals surface area contributed by atoms with E-state index in [2.05, 4.69) is 0 Å². The topological polar surface area (TPSA) is 40.1 Å². The van der Waals surface area contributed by atoms with Gasteiger partial charge in [0.25, 0.3) is 0 Å². The molecule has 10 heavy (non-hydrogen) atoms. The summed E-state index contributed by atoms with van der Waals surface area (Å²) in [5.74, 6) is -0.904. The summed E-state index contributed by atoms with van der Waals surface area (Å²) in [5.41, 5.74) is 0. The molecule has 0 saturated heterocycles.